The van der Waals surface area contributed by atoms with Crippen LogP contribution in [-0.4, -0.2) is 11.2 Å². The summed E-state index contributed by atoms with van der Waals surface area (Å²) in [6, 6.07) is 0. The zero-order valence-electron chi connectivity index (χ0n) is 7.43. The number of hydrogen-bond donors (Lipinski definition) is 1. The Bertz CT molecular complexity index is 69.1. The molecule has 0 amide bonds. The summed E-state index contributed by atoms with van der Waals surface area (Å²) in [4.78, 5) is 0. The van der Waals surface area contributed by atoms with Crippen LogP contribution in [0, 0.1) is 5.92 Å². The summed E-state index contributed by atoms with van der Waals surface area (Å²) in [5.41, 5.74) is 0. The predicted molar refractivity (Wildman–Crippen MR) is 45.0 cm³/mol. The van der Waals surface area contributed by atoms with Crippen LogP contribution in [-0.2, 0) is 0 Å². The average molecular weight is 144 g/mol. The molecule has 0 aromatic heterocycles. The van der Waals surface area contributed by atoms with Gasteiger partial charge in [-0.3, -0.25) is 0 Å². The van der Waals surface area contributed by atoms with Crippen LogP contribution in [0.15, 0.2) is 0 Å². The third-order valence-corrected chi connectivity index (χ3v) is 1.95. The van der Waals surface area contributed by atoms with Gasteiger partial charge < -0.3 is 5.11 Å². The molecule has 0 saturated carbocycles. The molecule has 0 saturated heterocycles. The average Bonchev–Trinajstić information content (AvgIpc) is 1.86. The Morgan fingerprint density at radius 1 is 1.30 bits per heavy atom. The first-order valence-corrected chi connectivity index (χ1v) is 4.38. The largest absolute Gasteiger partial charge is 0.393 e. The maximum Gasteiger partial charge on any atom is 0.0514 e. The van der Waals surface area contributed by atoms with Gasteiger partial charge in [0.15, 0.2) is 0 Å². The molecule has 1 N–H and O–H groups in total. The highest BCUT2D eigenvalue weighted by molar-refractivity contribution is 4.59. The van der Waals surface area contributed by atoms with E-state index >= 15 is 0 Å². The second kappa shape index (κ2) is 5.72. The molecule has 2 atom stereocenters. The molecular formula is C9H20O. The second-order valence-corrected chi connectivity index (χ2v) is 3.15. The highest BCUT2D eigenvalue weighted by Crippen LogP contribution is 2.16. The summed E-state index contributed by atoms with van der Waals surface area (Å²) >= 11 is 0. The Labute approximate surface area is 64.5 Å². The van der Waals surface area contributed by atoms with E-state index in [1.807, 2.05) is 6.92 Å². The summed E-state index contributed by atoms with van der Waals surface area (Å²) < 4.78 is 0. The van der Waals surface area contributed by atoms with Gasteiger partial charge in [0.05, 0.1) is 6.10 Å². The lowest BCUT2D eigenvalue weighted by atomic mass is 9.95. The molecule has 0 bridgehead atoms. The number of rotatable bonds is 5. The minimum Gasteiger partial charge on any atom is -0.393 e. The van der Waals surface area contributed by atoms with E-state index in [1.165, 1.54) is 19.3 Å². The van der Waals surface area contributed by atoms with Gasteiger partial charge >= 0.3 is 0 Å². The van der Waals surface area contributed by atoms with Crippen molar-refractivity contribution in [2.24, 2.45) is 5.92 Å². The molecule has 0 aliphatic carbocycles. The first-order chi connectivity index (χ1) is 4.70. The van der Waals surface area contributed by atoms with E-state index in [0.717, 1.165) is 12.3 Å². The number of aliphatic hydroxyl groups excluding tert-OH is 1. The lowest BCUT2D eigenvalue weighted by Gasteiger charge is -2.14. The van der Waals surface area contributed by atoms with Gasteiger partial charge in [-0.1, -0.05) is 33.1 Å². The number of aliphatic hydroxyl groups is 1. The van der Waals surface area contributed by atoms with Gasteiger partial charge in [0, 0.05) is 0 Å². The number of hydrogen-bond acceptors (Lipinski definition) is 1. The topological polar surface area (TPSA) is 20.2 Å². The van der Waals surface area contributed by atoms with Gasteiger partial charge in [0.25, 0.3) is 0 Å². The SMILES string of the molecule is CCCC(CC)C[C@@H](C)O. The fraction of sp³-hybridized carbons (Fsp3) is 1.00. The lowest BCUT2D eigenvalue weighted by Crippen LogP contribution is -2.08. The molecule has 0 aromatic rings. The lowest BCUT2D eigenvalue weighted by molar-refractivity contribution is 0.155. The molecule has 0 fully saturated rings. The fourth-order valence-corrected chi connectivity index (χ4v) is 1.38. The minimum atomic E-state index is -0.114. The maximum absolute atomic E-state index is 9.08. The maximum atomic E-state index is 9.08. The Kier molecular flexibility index (Phi) is 5.70. The molecule has 0 aromatic carbocycles. The van der Waals surface area contributed by atoms with Crippen LogP contribution in [0.5, 0.6) is 0 Å². The quantitative estimate of drug-likeness (QED) is 0.628. The van der Waals surface area contributed by atoms with Crippen LogP contribution < -0.4 is 0 Å². The van der Waals surface area contributed by atoms with E-state index in [-0.39, 0.29) is 6.10 Å². The molecule has 1 heteroatoms. The van der Waals surface area contributed by atoms with Crippen molar-refractivity contribution in [1.29, 1.82) is 0 Å². The highest BCUT2D eigenvalue weighted by Gasteiger charge is 2.07. The van der Waals surface area contributed by atoms with Crippen LogP contribution >= 0.6 is 0 Å². The summed E-state index contributed by atoms with van der Waals surface area (Å²) in [5, 5.41) is 9.08. The van der Waals surface area contributed by atoms with Crippen LogP contribution in [0.2, 0.25) is 0 Å². The molecule has 0 aliphatic rings. The molecule has 1 nitrogen and oxygen atoms in total. The van der Waals surface area contributed by atoms with Crippen LogP contribution in [0.4, 0.5) is 0 Å². The van der Waals surface area contributed by atoms with Gasteiger partial charge in [0.2, 0.25) is 0 Å². The Hall–Kier alpha value is -0.0400. The molecule has 0 radical (unpaired) electrons. The van der Waals surface area contributed by atoms with Gasteiger partial charge in [-0.05, 0) is 19.3 Å². The van der Waals surface area contributed by atoms with E-state index < -0.39 is 0 Å². The van der Waals surface area contributed by atoms with Crippen molar-refractivity contribution in [3.8, 4) is 0 Å². The molecule has 0 spiro atoms. The zero-order valence-corrected chi connectivity index (χ0v) is 7.43. The Balaban J connectivity index is 3.39. The van der Waals surface area contributed by atoms with E-state index in [1.54, 1.807) is 0 Å². The van der Waals surface area contributed by atoms with Crippen molar-refractivity contribution in [1.82, 2.24) is 0 Å². The Morgan fingerprint density at radius 2 is 1.90 bits per heavy atom. The minimum absolute atomic E-state index is 0.114. The predicted octanol–water partition coefficient (Wildman–Crippen LogP) is 2.58. The standard InChI is InChI=1S/C9H20O/c1-4-6-9(5-2)7-8(3)10/h8-10H,4-7H2,1-3H3/t8-,9?/m1/s1. The van der Waals surface area contributed by atoms with Crippen molar-refractivity contribution in [3.63, 3.8) is 0 Å². The molecule has 10 heavy (non-hydrogen) atoms. The van der Waals surface area contributed by atoms with Gasteiger partial charge in [-0.25, -0.2) is 0 Å². The van der Waals surface area contributed by atoms with Crippen molar-refractivity contribution >= 4 is 0 Å². The van der Waals surface area contributed by atoms with E-state index in [0.29, 0.717) is 0 Å². The Morgan fingerprint density at radius 3 is 2.20 bits per heavy atom. The van der Waals surface area contributed by atoms with Gasteiger partial charge in [0.1, 0.15) is 0 Å². The first-order valence-electron chi connectivity index (χ1n) is 4.38. The van der Waals surface area contributed by atoms with Crippen LogP contribution in [0.25, 0.3) is 0 Å². The molecule has 0 heterocycles. The fourth-order valence-electron chi connectivity index (χ4n) is 1.38. The van der Waals surface area contributed by atoms with E-state index in [9.17, 15) is 0 Å². The van der Waals surface area contributed by atoms with E-state index in [4.69, 9.17) is 5.11 Å². The van der Waals surface area contributed by atoms with Crippen LogP contribution in [0.1, 0.15) is 46.5 Å². The summed E-state index contributed by atoms with van der Waals surface area (Å²) in [6.07, 6.45) is 4.58. The molecule has 0 aliphatic heterocycles. The van der Waals surface area contributed by atoms with Crippen molar-refractivity contribution in [2.45, 2.75) is 52.6 Å². The first kappa shape index (κ1) is 9.96. The molecule has 62 valence electrons. The van der Waals surface area contributed by atoms with Gasteiger partial charge in [-0.15, -0.1) is 0 Å². The molecular weight excluding hydrogens is 124 g/mol. The zero-order chi connectivity index (χ0) is 7.98. The summed E-state index contributed by atoms with van der Waals surface area (Å²) in [7, 11) is 0. The normalized spacial score (nSPS) is 16.8. The highest BCUT2D eigenvalue weighted by atomic mass is 16.3. The third kappa shape index (κ3) is 4.80. The van der Waals surface area contributed by atoms with Crippen molar-refractivity contribution < 1.29 is 5.11 Å². The van der Waals surface area contributed by atoms with Crippen molar-refractivity contribution in [3.05, 3.63) is 0 Å². The third-order valence-electron chi connectivity index (χ3n) is 1.95. The monoisotopic (exact) mass is 144 g/mol. The van der Waals surface area contributed by atoms with Crippen molar-refractivity contribution in [2.75, 3.05) is 0 Å². The molecule has 0 rings (SSSR count). The van der Waals surface area contributed by atoms with Crippen LogP contribution in [0.3, 0.4) is 0 Å². The smallest absolute Gasteiger partial charge is 0.0514 e. The second-order valence-electron chi connectivity index (χ2n) is 3.15. The van der Waals surface area contributed by atoms with E-state index in [2.05, 4.69) is 13.8 Å². The molecule has 1 unspecified atom stereocenters. The summed E-state index contributed by atoms with van der Waals surface area (Å²) in [5.74, 6) is 0.741. The summed E-state index contributed by atoms with van der Waals surface area (Å²) in [6.45, 7) is 6.27. The van der Waals surface area contributed by atoms with Gasteiger partial charge in [-0.2, -0.15) is 0 Å².